The SMILES string of the molecule is Cl.Cl.NCCNC(=O)c1cnccn1. The third-order valence-electron chi connectivity index (χ3n) is 1.23. The molecule has 0 aliphatic rings. The van der Waals surface area contributed by atoms with E-state index in [1.165, 1.54) is 18.6 Å². The maximum absolute atomic E-state index is 11.1. The summed E-state index contributed by atoms with van der Waals surface area (Å²) in [6, 6.07) is 0. The van der Waals surface area contributed by atoms with Crippen LogP contribution in [-0.2, 0) is 0 Å². The Morgan fingerprint density at radius 2 is 2.14 bits per heavy atom. The van der Waals surface area contributed by atoms with Gasteiger partial charge in [-0.25, -0.2) is 4.98 Å². The standard InChI is InChI=1S/C7H10N4O.2ClH/c8-1-2-11-7(12)6-5-9-3-4-10-6;;/h3-5H,1-2,8H2,(H,11,12);2*1H. The smallest absolute Gasteiger partial charge is 0.271 e. The van der Waals surface area contributed by atoms with Crippen molar-refractivity contribution in [2.45, 2.75) is 0 Å². The van der Waals surface area contributed by atoms with E-state index in [1.54, 1.807) is 0 Å². The number of nitrogens with two attached hydrogens (primary N) is 1. The summed E-state index contributed by atoms with van der Waals surface area (Å²) in [4.78, 5) is 18.7. The number of aromatic nitrogens is 2. The van der Waals surface area contributed by atoms with Gasteiger partial charge in [-0.3, -0.25) is 9.78 Å². The zero-order valence-electron chi connectivity index (χ0n) is 7.34. The molecule has 0 unspecified atom stereocenters. The van der Waals surface area contributed by atoms with Crippen LogP contribution in [0, 0.1) is 0 Å². The van der Waals surface area contributed by atoms with Crippen LogP contribution in [0.25, 0.3) is 0 Å². The lowest BCUT2D eigenvalue weighted by molar-refractivity contribution is 0.0949. The van der Waals surface area contributed by atoms with Gasteiger partial charge in [-0.1, -0.05) is 0 Å². The van der Waals surface area contributed by atoms with Crippen LogP contribution in [0.4, 0.5) is 0 Å². The molecule has 80 valence electrons. The lowest BCUT2D eigenvalue weighted by atomic mass is 10.4. The van der Waals surface area contributed by atoms with E-state index < -0.39 is 0 Å². The highest BCUT2D eigenvalue weighted by molar-refractivity contribution is 5.91. The lowest BCUT2D eigenvalue weighted by Gasteiger charge is -2.00. The van der Waals surface area contributed by atoms with Gasteiger partial charge in [-0.2, -0.15) is 0 Å². The summed E-state index contributed by atoms with van der Waals surface area (Å²) < 4.78 is 0. The second-order valence-corrected chi connectivity index (χ2v) is 2.14. The average Bonchev–Trinajstić information content (AvgIpc) is 2.15. The fourth-order valence-corrected chi connectivity index (χ4v) is 0.693. The van der Waals surface area contributed by atoms with E-state index in [-0.39, 0.29) is 30.7 Å². The Balaban J connectivity index is 0. The van der Waals surface area contributed by atoms with E-state index in [0.29, 0.717) is 18.8 Å². The van der Waals surface area contributed by atoms with Gasteiger partial charge in [0.15, 0.2) is 0 Å². The first-order chi connectivity index (χ1) is 5.84. The van der Waals surface area contributed by atoms with Crippen molar-refractivity contribution in [1.82, 2.24) is 15.3 Å². The molecule has 0 fully saturated rings. The van der Waals surface area contributed by atoms with Gasteiger partial charge >= 0.3 is 0 Å². The Morgan fingerprint density at radius 3 is 2.64 bits per heavy atom. The molecule has 7 heteroatoms. The number of halogens is 2. The molecule has 14 heavy (non-hydrogen) atoms. The van der Waals surface area contributed by atoms with Gasteiger partial charge in [-0.15, -0.1) is 24.8 Å². The van der Waals surface area contributed by atoms with Crippen LogP contribution in [0.3, 0.4) is 0 Å². The zero-order valence-corrected chi connectivity index (χ0v) is 8.98. The molecule has 0 atom stereocenters. The van der Waals surface area contributed by atoms with Crippen molar-refractivity contribution >= 4 is 30.7 Å². The van der Waals surface area contributed by atoms with Crippen molar-refractivity contribution in [3.8, 4) is 0 Å². The predicted octanol–water partition coefficient (Wildman–Crippen LogP) is 0.00870. The minimum absolute atomic E-state index is 0. The summed E-state index contributed by atoms with van der Waals surface area (Å²) >= 11 is 0. The van der Waals surface area contributed by atoms with Crippen molar-refractivity contribution in [1.29, 1.82) is 0 Å². The Bertz CT molecular complexity index is 257. The second-order valence-electron chi connectivity index (χ2n) is 2.14. The molecule has 5 nitrogen and oxygen atoms in total. The van der Waals surface area contributed by atoms with Gasteiger partial charge in [-0.05, 0) is 0 Å². The Kier molecular flexibility index (Phi) is 9.64. The largest absolute Gasteiger partial charge is 0.349 e. The number of hydrogen-bond acceptors (Lipinski definition) is 4. The number of nitrogens with zero attached hydrogens (tertiary/aromatic N) is 2. The van der Waals surface area contributed by atoms with E-state index in [0.717, 1.165) is 0 Å². The number of hydrogen-bond donors (Lipinski definition) is 2. The molecule has 0 spiro atoms. The molecule has 1 aromatic heterocycles. The molecule has 0 saturated carbocycles. The molecule has 1 rings (SSSR count). The molecule has 1 heterocycles. The molecule has 0 saturated heterocycles. The molecule has 0 aliphatic carbocycles. The second kappa shape index (κ2) is 8.68. The van der Waals surface area contributed by atoms with Crippen LogP contribution >= 0.6 is 24.8 Å². The van der Waals surface area contributed by atoms with Crippen LogP contribution in [0.5, 0.6) is 0 Å². The average molecular weight is 239 g/mol. The fourth-order valence-electron chi connectivity index (χ4n) is 0.693. The molecule has 0 aliphatic heterocycles. The van der Waals surface area contributed by atoms with E-state index in [4.69, 9.17) is 5.73 Å². The number of carbonyl (C=O) groups is 1. The van der Waals surface area contributed by atoms with Crippen molar-refractivity contribution in [2.75, 3.05) is 13.1 Å². The van der Waals surface area contributed by atoms with Gasteiger partial charge in [0.25, 0.3) is 5.91 Å². The number of nitrogens with one attached hydrogen (secondary N) is 1. The van der Waals surface area contributed by atoms with Crippen LogP contribution < -0.4 is 11.1 Å². The number of amides is 1. The summed E-state index contributed by atoms with van der Waals surface area (Å²) in [5, 5.41) is 2.58. The van der Waals surface area contributed by atoms with Crippen molar-refractivity contribution in [2.24, 2.45) is 5.73 Å². The number of rotatable bonds is 3. The molecule has 0 bridgehead atoms. The molecular formula is C7H12Cl2N4O. The van der Waals surface area contributed by atoms with Crippen LogP contribution in [-0.4, -0.2) is 29.0 Å². The maximum atomic E-state index is 11.1. The monoisotopic (exact) mass is 238 g/mol. The van der Waals surface area contributed by atoms with Crippen LogP contribution in [0.15, 0.2) is 18.6 Å². The van der Waals surface area contributed by atoms with Crippen LogP contribution in [0.1, 0.15) is 10.5 Å². The quantitative estimate of drug-likeness (QED) is 0.778. The first kappa shape index (κ1) is 15.6. The summed E-state index contributed by atoms with van der Waals surface area (Å²) in [6.45, 7) is 0.876. The first-order valence-corrected chi connectivity index (χ1v) is 3.59. The highest BCUT2D eigenvalue weighted by atomic mass is 35.5. The first-order valence-electron chi connectivity index (χ1n) is 3.59. The predicted molar refractivity (Wildman–Crippen MR) is 57.9 cm³/mol. The third-order valence-corrected chi connectivity index (χ3v) is 1.23. The van der Waals surface area contributed by atoms with E-state index in [1.807, 2.05) is 0 Å². The highest BCUT2D eigenvalue weighted by Crippen LogP contribution is 1.88. The maximum Gasteiger partial charge on any atom is 0.271 e. The van der Waals surface area contributed by atoms with Crippen molar-refractivity contribution < 1.29 is 4.79 Å². The Labute approximate surface area is 94.3 Å². The van der Waals surface area contributed by atoms with Gasteiger partial charge in [0, 0.05) is 25.5 Å². The van der Waals surface area contributed by atoms with E-state index in [2.05, 4.69) is 15.3 Å². The normalized spacial score (nSPS) is 8.07. The van der Waals surface area contributed by atoms with Gasteiger partial charge in [0.2, 0.25) is 0 Å². The van der Waals surface area contributed by atoms with Gasteiger partial charge < -0.3 is 11.1 Å². The highest BCUT2D eigenvalue weighted by Gasteiger charge is 2.03. The van der Waals surface area contributed by atoms with E-state index >= 15 is 0 Å². The Hall–Kier alpha value is -0.910. The molecule has 1 aromatic rings. The summed E-state index contributed by atoms with van der Waals surface area (Å²) in [7, 11) is 0. The summed E-state index contributed by atoms with van der Waals surface area (Å²) in [5.74, 6) is -0.242. The van der Waals surface area contributed by atoms with Crippen molar-refractivity contribution in [3.05, 3.63) is 24.3 Å². The van der Waals surface area contributed by atoms with Crippen LogP contribution in [0.2, 0.25) is 0 Å². The van der Waals surface area contributed by atoms with Crippen molar-refractivity contribution in [3.63, 3.8) is 0 Å². The minimum Gasteiger partial charge on any atom is -0.349 e. The lowest BCUT2D eigenvalue weighted by Crippen LogP contribution is -2.29. The van der Waals surface area contributed by atoms with Gasteiger partial charge in [0.1, 0.15) is 5.69 Å². The minimum atomic E-state index is -0.242. The molecule has 0 radical (unpaired) electrons. The van der Waals surface area contributed by atoms with E-state index in [9.17, 15) is 4.79 Å². The molecule has 3 N–H and O–H groups in total. The van der Waals surface area contributed by atoms with Gasteiger partial charge in [0.05, 0.1) is 6.20 Å². The summed E-state index contributed by atoms with van der Waals surface area (Å²) in [5.41, 5.74) is 5.52. The molecule has 1 amide bonds. The summed E-state index contributed by atoms with van der Waals surface area (Å²) in [6.07, 6.45) is 4.39. The fraction of sp³-hybridized carbons (Fsp3) is 0.286. The Morgan fingerprint density at radius 1 is 1.43 bits per heavy atom. The molecule has 0 aromatic carbocycles. The third kappa shape index (κ3) is 4.96. The number of carbonyl (C=O) groups excluding carboxylic acids is 1. The zero-order chi connectivity index (χ0) is 8.81. The molecular weight excluding hydrogens is 227 g/mol. The topological polar surface area (TPSA) is 80.9 Å².